The predicted octanol–water partition coefficient (Wildman–Crippen LogP) is 4.56. The van der Waals surface area contributed by atoms with Crippen molar-refractivity contribution in [1.29, 1.82) is 0 Å². The Balaban J connectivity index is 0.00000306. The molecule has 3 aromatic rings. The maximum Gasteiger partial charge on any atom is 0.247 e. The lowest BCUT2D eigenvalue weighted by molar-refractivity contribution is -0.118. The van der Waals surface area contributed by atoms with E-state index in [0.29, 0.717) is 12.1 Å². The molecule has 0 aliphatic carbocycles. The molecule has 2 atom stereocenters. The Labute approximate surface area is 195 Å². The molecule has 33 heavy (non-hydrogen) atoms. The van der Waals surface area contributed by atoms with E-state index in [0.717, 1.165) is 34.9 Å². The molecule has 1 amide bonds. The fourth-order valence-corrected chi connectivity index (χ4v) is 4.25. The van der Waals surface area contributed by atoms with E-state index in [9.17, 15) is 9.18 Å². The van der Waals surface area contributed by atoms with Crippen molar-refractivity contribution in [2.45, 2.75) is 60.0 Å². The quantitative estimate of drug-likeness (QED) is 0.593. The first kappa shape index (κ1) is 24.4. The molecule has 0 radical (unpaired) electrons. The minimum absolute atomic E-state index is 0. The Kier molecular flexibility index (Phi) is 7.15. The van der Waals surface area contributed by atoms with Gasteiger partial charge in [-0.15, -0.1) is 0 Å². The smallest absolute Gasteiger partial charge is 0.247 e. The molecule has 7 nitrogen and oxygen atoms in total. The van der Waals surface area contributed by atoms with Crippen LogP contribution in [0.5, 0.6) is 0 Å². The van der Waals surface area contributed by atoms with E-state index in [-0.39, 0.29) is 37.2 Å². The summed E-state index contributed by atoms with van der Waals surface area (Å²) in [6.45, 7) is 8.00. The van der Waals surface area contributed by atoms with Gasteiger partial charge < -0.3 is 10.2 Å². The average Bonchev–Trinajstić information content (AvgIpc) is 3.22. The van der Waals surface area contributed by atoms with Crippen molar-refractivity contribution in [3.63, 3.8) is 0 Å². The summed E-state index contributed by atoms with van der Waals surface area (Å²) in [6.07, 6.45) is 5.28. The van der Waals surface area contributed by atoms with E-state index in [1.165, 1.54) is 12.1 Å². The summed E-state index contributed by atoms with van der Waals surface area (Å²) in [7, 11) is 1.92. The van der Waals surface area contributed by atoms with E-state index < -0.39 is 0 Å². The van der Waals surface area contributed by atoms with Crippen LogP contribution in [0.25, 0.3) is 0 Å². The van der Waals surface area contributed by atoms with Gasteiger partial charge in [0.1, 0.15) is 23.4 Å². The van der Waals surface area contributed by atoms with Gasteiger partial charge in [0.2, 0.25) is 5.91 Å². The highest BCUT2D eigenvalue weighted by molar-refractivity contribution is 6.03. The van der Waals surface area contributed by atoms with Gasteiger partial charge in [-0.2, -0.15) is 5.10 Å². The highest BCUT2D eigenvalue weighted by Gasteiger charge is 2.35. The number of anilines is 2. The van der Waals surface area contributed by atoms with Gasteiger partial charge in [0, 0.05) is 19.7 Å². The molecule has 0 fully saturated rings. The maximum absolute atomic E-state index is 13.2. The van der Waals surface area contributed by atoms with E-state index in [4.69, 9.17) is 4.98 Å². The van der Waals surface area contributed by atoms with E-state index in [2.05, 4.69) is 15.4 Å². The third-order valence-electron chi connectivity index (χ3n) is 6.06. The number of nitrogens with zero attached hydrogens (tertiary/aromatic N) is 5. The fourth-order valence-electron chi connectivity index (χ4n) is 4.25. The second-order valence-corrected chi connectivity index (χ2v) is 8.77. The zero-order valence-electron chi connectivity index (χ0n) is 19.1. The van der Waals surface area contributed by atoms with Crippen molar-refractivity contribution >= 4 is 17.4 Å². The number of rotatable bonds is 6. The highest BCUT2D eigenvalue weighted by atomic mass is 19.1. The van der Waals surface area contributed by atoms with Gasteiger partial charge >= 0.3 is 0 Å². The third-order valence-corrected chi connectivity index (χ3v) is 6.06. The summed E-state index contributed by atoms with van der Waals surface area (Å²) < 4.78 is 15.1. The Morgan fingerprint density at radius 1 is 1.12 bits per heavy atom. The molecular formula is C25H33FN6O. The van der Waals surface area contributed by atoms with Gasteiger partial charge in [-0.25, -0.2) is 14.4 Å². The lowest BCUT2D eigenvalue weighted by Crippen LogP contribution is -2.49. The predicted molar refractivity (Wildman–Crippen MR) is 129 cm³/mol. The van der Waals surface area contributed by atoms with Crippen molar-refractivity contribution in [3.05, 3.63) is 65.1 Å². The lowest BCUT2D eigenvalue weighted by atomic mass is 9.99. The molecule has 0 bridgehead atoms. The number of halogens is 1. The Hall–Kier alpha value is -3.29. The standard InChI is InChI=1S/C24H29FN6O.CH4/c1-14(2)22-24(32)29-21-15(3)27-20(28-23(21)30(22)5)11-6-17-12-26-31(13-17)16(4)18-7-9-19(25)10-8-18;/h7-10,12-14,16,22H,6,11H2,1-5H3,(H,29,32);1H4/t16-,22+;/m1./s1. The van der Waals surface area contributed by atoms with Crippen molar-refractivity contribution < 1.29 is 9.18 Å². The monoisotopic (exact) mass is 452 g/mol. The van der Waals surface area contributed by atoms with Gasteiger partial charge in [-0.1, -0.05) is 33.4 Å². The second-order valence-electron chi connectivity index (χ2n) is 8.77. The summed E-state index contributed by atoms with van der Waals surface area (Å²) in [4.78, 5) is 23.9. The number of aromatic nitrogens is 4. The molecule has 0 saturated carbocycles. The van der Waals surface area contributed by atoms with Crippen molar-refractivity contribution in [3.8, 4) is 0 Å². The molecule has 1 aliphatic heterocycles. The number of nitrogens with one attached hydrogen (secondary N) is 1. The number of benzene rings is 1. The number of fused-ring (bicyclic) bond motifs is 1. The van der Waals surface area contributed by atoms with E-state index in [1.54, 1.807) is 12.1 Å². The van der Waals surface area contributed by atoms with Crippen LogP contribution in [0, 0.1) is 18.7 Å². The molecule has 0 saturated heterocycles. The molecule has 176 valence electrons. The van der Waals surface area contributed by atoms with Crippen LogP contribution < -0.4 is 10.2 Å². The summed E-state index contributed by atoms with van der Waals surface area (Å²) in [6, 6.07) is 6.26. The molecule has 1 aliphatic rings. The normalized spacial score (nSPS) is 16.3. The minimum Gasteiger partial charge on any atom is -0.346 e. The second kappa shape index (κ2) is 9.68. The number of likely N-dealkylation sites (N-methyl/N-ethyl adjacent to an activating group) is 1. The van der Waals surface area contributed by atoms with Crippen LogP contribution in [0.4, 0.5) is 15.9 Å². The number of hydrogen-bond donors (Lipinski definition) is 1. The first-order chi connectivity index (χ1) is 15.2. The summed E-state index contributed by atoms with van der Waals surface area (Å²) >= 11 is 0. The van der Waals surface area contributed by atoms with E-state index in [1.807, 2.05) is 56.7 Å². The molecule has 0 unspecified atom stereocenters. The number of hydrogen-bond acceptors (Lipinski definition) is 5. The molecule has 8 heteroatoms. The van der Waals surface area contributed by atoms with Crippen LogP contribution >= 0.6 is 0 Å². The summed E-state index contributed by atoms with van der Waals surface area (Å²) in [5, 5.41) is 7.47. The SMILES string of the molecule is C.Cc1nc(CCc2cnn([C@H](C)c3ccc(F)cc3)c2)nc2c1NC(=O)[C@H](C(C)C)N2C. The van der Waals surface area contributed by atoms with Gasteiger partial charge in [0.25, 0.3) is 0 Å². The van der Waals surface area contributed by atoms with E-state index >= 15 is 0 Å². The van der Waals surface area contributed by atoms with Crippen molar-refractivity contribution in [2.24, 2.45) is 5.92 Å². The molecule has 2 aromatic heterocycles. The van der Waals surface area contributed by atoms with Crippen LogP contribution in [-0.4, -0.2) is 38.7 Å². The number of amides is 1. The van der Waals surface area contributed by atoms with Crippen LogP contribution in [0.1, 0.15) is 56.9 Å². The molecule has 1 aromatic carbocycles. The van der Waals surface area contributed by atoms with Gasteiger partial charge in [-0.3, -0.25) is 9.48 Å². The fraction of sp³-hybridized carbons (Fsp3) is 0.440. The molecular weight excluding hydrogens is 419 g/mol. The molecule has 1 N–H and O–H groups in total. The third kappa shape index (κ3) is 4.89. The Morgan fingerprint density at radius 3 is 2.48 bits per heavy atom. The number of aryl methyl sites for hydroxylation is 3. The minimum atomic E-state index is -0.254. The number of carbonyl (C=O) groups excluding carboxylic acids is 1. The highest BCUT2D eigenvalue weighted by Crippen LogP contribution is 2.33. The van der Waals surface area contributed by atoms with Gasteiger partial charge in [0.15, 0.2) is 5.82 Å². The largest absolute Gasteiger partial charge is 0.346 e. The van der Waals surface area contributed by atoms with Gasteiger partial charge in [-0.05, 0) is 49.4 Å². The van der Waals surface area contributed by atoms with Crippen LogP contribution in [0.15, 0.2) is 36.7 Å². The number of carbonyl (C=O) groups is 1. The molecule has 0 spiro atoms. The zero-order valence-corrected chi connectivity index (χ0v) is 19.1. The summed E-state index contributed by atoms with van der Waals surface area (Å²) in [5.74, 6) is 1.42. The molecule has 4 rings (SSSR count). The first-order valence-corrected chi connectivity index (χ1v) is 10.9. The van der Waals surface area contributed by atoms with Crippen molar-refractivity contribution in [1.82, 2.24) is 19.7 Å². The average molecular weight is 453 g/mol. The zero-order chi connectivity index (χ0) is 23.0. The molecule has 3 heterocycles. The Bertz CT molecular complexity index is 1120. The first-order valence-electron chi connectivity index (χ1n) is 10.9. The topological polar surface area (TPSA) is 75.9 Å². The summed E-state index contributed by atoms with van der Waals surface area (Å²) in [5.41, 5.74) is 3.55. The Morgan fingerprint density at radius 2 is 1.82 bits per heavy atom. The maximum atomic E-state index is 13.2. The van der Waals surface area contributed by atoms with Crippen LogP contribution in [-0.2, 0) is 17.6 Å². The van der Waals surface area contributed by atoms with Crippen LogP contribution in [0.3, 0.4) is 0 Å². The lowest BCUT2D eigenvalue weighted by Gasteiger charge is -2.36. The van der Waals surface area contributed by atoms with Crippen LogP contribution in [0.2, 0.25) is 0 Å². The van der Waals surface area contributed by atoms with Crippen molar-refractivity contribution in [2.75, 3.05) is 17.3 Å². The van der Waals surface area contributed by atoms with Gasteiger partial charge in [0.05, 0.1) is 17.9 Å².